The highest BCUT2D eigenvalue weighted by atomic mass is 32.1. The molecule has 1 saturated carbocycles. The van der Waals surface area contributed by atoms with Crippen LogP contribution in [0.3, 0.4) is 0 Å². The first-order valence-electron chi connectivity index (χ1n) is 4.34. The molecular weight excluding hydrogens is 168 g/mol. The van der Waals surface area contributed by atoms with Gasteiger partial charge in [-0.2, -0.15) is 12.6 Å². The molecule has 0 unspecified atom stereocenters. The number of aryl methyl sites for hydroxylation is 1. The van der Waals surface area contributed by atoms with Gasteiger partial charge in [-0.25, -0.2) is 4.98 Å². The van der Waals surface area contributed by atoms with E-state index in [0.717, 1.165) is 18.1 Å². The average Bonchev–Trinajstić information content (AvgIpc) is 2.74. The standard InChI is InChI=1S/C9H14N2S/c1-8-10-4-5-11(8)6-9(7-12)2-3-9/h4-5,12H,2-3,6-7H2,1H3. The monoisotopic (exact) mass is 182 g/mol. The van der Waals surface area contributed by atoms with Gasteiger partial charge in [0.05, 0.1) is 0 Å². The van der Waals surface area contributed by atoms with E-state index in [9.17, 15) is 0 Å². The molecule has 1 fully saturated rings. The smallest absolute Gasteiger partial charge is 0.105 e. The summed E-state index contributed by atoms with van der Waals surface area (Å²) in [6.45, 7) is 3.15. The minimum absolute atomic E-state index is 0.495. The van der Waals surface area contributed by atoms with Gasteiger partial charge in [0, 0.05) is 18.9 Å². The Hall–Kier alpha value is -0.440. The molecule has 1 aliphatic rings. The molecule has 0 aliphatic heterocycles. The second-order valence-corrected chi connectivity index (χ2v) is 4.08. The van der Waals surface area contributed by atoms with Gasteiger partial charge < -0.3 is 4.57 Å². The van der Waals surface area contributed by atoms with Gasteiger partial charge in [0.25, 0.3) is 0 Å². The van der Waals surface area contributed by atoms with Crippen molar-refractivity contribution in [2.24, 2.45) is 5.41 Å². The first-order chi connectivity index (χ1) is 5.76. The number of nitrogens with zero attached hydrogens (tertiary/aromatic N) is 2. The van der Waals surface area contributed by atoms with Crippen LogP contribution in [0.1, 0.15) is 18.7 Å². The summed E-state index contributed by atoms with van der Waals surface area (Å²) in [7, 11) is 0. The van der Waals surface area contributed by atoms with Crippen molar-refractivity contribution < 1.29 is 0 Å². The summed E-state index contributed by atoms with van der Waals surface area (Å²) in [5.41, 5.74) is 0.495. The van der Waals surface area contributed by atoms with Gasteiger partial charge in [0.1, 0.15) is 5.82 Å². The van der Waals surface area contributed by atoms with Crippen molar-refractivity contribution in [2.45, 2.75) is 26.3 Å². The second-order valence-electron chi connectivity index (χ2n) is 3.76. The van der Waals surface area contributed by atoms with Crippen LogP contribution < -0.4 is 0 Å². The van der Waals surface area contributed by atoms with E-state index in [1.807, 2.05) is 6.20 Å². The van der Waals surface area contributed by atoms with Gasteiger partial charge in [-0.15, -0.1) is 0 Å². The van der Waals surface area contributed by atoms with Crippen LogP contribution >= 0.6 is 12.6 Å². The van der Waals surface area contributed by atoms with Crippen LogP contribution in [0.25, 0.3) is 0 Å². The van der Waals surface area contributed by atoms with Crippen molar-refractivity contribution in [1.29, 1.82) is 0 Å². The first-order valence-corrected chi connectivity index (χ1v) is 4.98. The molecule has 66 valence electrons. The lowest BCUT2D eigenvalue weighted by molar-refractivity contribution is 0.466. The Kier molecular flexibility index (Phi) is 1.91. The van der Waals surface area contributed by atoms with Crippen LogP contribution in [0, 0.1) is 12.3 Å². The van der Waals surface area contributed by atoms with Crippen LogP contribution in [-0.2, 0) is 6.54 Å². The van der Waals surface area contributed by atoms with Crippen molar-refractivity contribution >= 4 is 12.6 Å². The SMILES string of the molecule is Cc1nccn1CC1(CS)CC1. The Bertz CT molecular complexity index is 276. The van der Waals surface area contributed by atoms with Gasteiger partial charge >= 0.3 is 0 Å². The molecule has 1 heterocycles. The van der Waals surface area contributed by atoms with Gasteiger partial charge in [0.2, 0.25) is 0 Å². The molecule has 0 bridgehead atoms. The van der Waals surface area contributed by atoms with Crippen LogP contribution in [0.5, 0.6) is 0 Å². The fourth-order valence-corrected chi connectivity index (χ4v) is 1.89. The van der Waals surface area contributed by atoms with Gasteiger partial charge in [0.15, 0.2) is 0 Å². The molecular formula is C9H14N2S. The van der Waals surface area contributed by atoms with Gasteiger partial charge in [-0.05, 0) is 30.9 Å². The third-order valence-corrected chi connectivity index (χ3v) is 3.39. The normalized spacial score (nSPS) is 19.5. The highest BCUT2D eigenvalue weighted by Crippen LogP contribution is 2.47. The third-order valence-electron chi connectivity index (χ3n) is 2.72. The average molecular weight is 182 g/mol. The topological polar surface area (TPSA) is 17.8 Å². The summed E-state index contributed by atoms with van der Waals surface area (Å²) < 4.78 is 2.23. The van der Waals surface area contributed by atoms with E-state index in [1.54, 1.807) is 0 Å². The second kappa shape index (κ2) is 2.80. The lowest BCUT2D eigenvalue weighted by Gasteiger charge is -2.13. The lowest BCUT2D eigenvalue weighted by Crippen LogP contribution is -2.13. The molecule has 0 N–H and O–H groups in total. The number of hydrogen-bond acceptors (Lipinski definition) is 2. The van der Waals surface area contributed by atoms with Crippen molar-refractivity contribution in [2.75, 3.05) is 5.75 Å². The van der Waals surface area contributed by atoms with Crippen LogP contribution in [-0.4, -0.2) is 15.3 Å². The number of hydrogen-bond donors (Lipinski definition) is 1. The summed E-state index contributed by atoms with van der Waals surface area (Å²) in [6.07, 6.45) is 6.57. The molecule has 0 saturated heterocycles. The Morgan fingerprint density at radius 2 is 2.42 bits per heavy atom. The van der Waals surface area contributed by atoms with E-state index in [-0.39, 0.29) is 0 Å². The van der Waals surface area contributed by atoms with E-state index in [1.165, 1.54) is 12.8 Å². The zero-order valence-corrected chi connectivity index (χ0v) is 8.22. The molecule has 2 nitrogen and oxygen atoms in total. The fourth-order valence-electron chi connectivity index (χ4n) is 1.48. The van der Waals surface area contributed by atoms with Crippen molar-refractivity contribution in [1.82, 2.24) is 9.55 Å². The van der Waals surface area contributed by atoms with Gasteiger partial charge in [-0.3, -0.25) is 0 Å². The van der Waals surface area contributed by atoms with Crippen molar-refractivity contribution in [3.05, 3.63) is 18.2 Å². The minimum atomic E-state index is 0.495. The molecule has 0 radical (unpaired) electrons. The molecule has 2 rings (SSSR count). The minimum Gasteiger partial charge on any atom is -0.335 e. The maximum atomic E-state index is 4.38. The largest absolute Gasteiger partial charge is 0.335 e. The van der Waals surface area contributed by atoms with E-state index in [0.29, 0.717) is 5.41 Å². The molecule has 3 heteroatoms. The Morgan fingerprint density at radius 3 is 2.83 bits per heavy atom. The van der Waals surface area contributed by atoms with Gasteiger partial charge in [-0.1, -0.05) is 0 Å². The number of aromatic nitrogens is 2. The van der Waals surface area contributed by atoms with Crippen LogP contribution in [0.2, 0.25) is 0 Å². The molecule has 0 atom stereocenters. The Labute approximate surface area is 78.4 Å². The van der Waals surface area contributed by atoms with E-state index >= 15 is 0 Å². The Morgan fingerprint density at radius 1 is 1.67 bits per heavy atom. The predicted molar refractivity (Wildman–Crippen MR) is 52.5 cm³/mol. The Balaban J connectivity index is 2.08. The van der Waals surface area contributed by atoms with E-state index in [2.05, 4.69) is 35.3 Å². The summed E-state index contributed by atoms with van der Waals surface area (Å²) in [6, 6.07) is 0. The fraction of sp³-hybridized carbons (Fsp3) is 0.667. The van der Waals surface area contributed by atoms with Crippen LogP contribution in [0.4, 0.5) is 0 Å². The summed E-state index contributed by atoms with van der Waals surface area (Å²) in [4.78, 5) is 4.20. The molecule has 1 aliphatic carbocycles. The number of rotatable bonds is 3. The summed E-state index contributed by atoms with van der Waals surface area (Å²) in [5.74, 6) is 2.12. The molecule has 12 heavy (non-hydrogen) atoms. The zero-order chi connectivity index (χ0) is 8.60. The third kappa shape index (κ3) is 1.38. The van der Waals surface area contributed by atoms with Crippen LogP contribution in [0.15, 0.2) is 12.4 Å². The van der Waals surface area contributed by atoms with E-state index < -0.39 is 0 Å². The molecule has 0 aromatic carbocycles. The molecule has 1 aromatic heterocycles. The molecule has 0 spiro atoms. The highest BCUT2D eigenvalue weighted by molar-refractivity contribution is 7.80. The highest BCUT2D eigenvalue weighted by Gasteiger charge is 2.41. The summed E-state index contributed by atoms with van der Waals surface area (Å²) >= 11 is 4.38. The molecule has 1 aromatic rings. The van der Waals surface area contributed by atoms with Crippen molar-refractivity contribution in [3.8, 4) is 0 Å². The number of thiol groups is 1. The maximum absolute atomic E-state index is 4.38. The number of imidazole rings is 1. The summed E-state index contributed by atoms with van der Waals surface area (Å²) in [5, 5.41) is 0. The van der Waals surface area contributed by atoms with Crippen molar-refractivity contribution in [3.63, 3.8) is 0 Å². The quantitative estimate of drug-likeness (QED) is 0.707. The zero-order valence-electron chi connectivity index (χ0n) is 7.32. The lowest BCUT2D eigenvalue weighted by atomic mass is 10.1. The van der Waals surface area contributed by atoms with E-state index in [4.69, 9.17) is 0 Å². The maximum Gasteiger partial charge on any atom is 0.105 e. The molecule has 0 amide bonds. The first kappa shape index (κ1) is 8.17. The predicted octanol–water partition coefficient (Wildman–Crippen LogP) is 1.90.